The Kier molecular flexibility index (Phi) is 3.02. The van der Waals surface area contributed by atoms with Gasteiger partial charge in [-0.25, -0.2) is 4.79 Å². The molecule has 0 bridgehead atoms. The first-order valence-corrected chi connectivity index (χ1v) is 5.21. The Morgan fingerprint density at radius 3 is 2.60 bits per heavy atom. The van der Waals surface area contributed by atoms with Crippen molar-refractivity contribution in [3.05, 3.63) is 35.9 Å². The molecule has 1 aromatic carbocycles. The smallest absolute Gasteiger partial charge is 0.338 e. The summed E-state index contributed by atoms with van der Waals surface area (Å²) in [4.78, 5) is 11.6. The van der Waals surface area contributed by atoms with Crippen LogP contribution in [0, 0.1) is 0 Å². The van der Waals surface area contributed by atoms with E-state index in [1.165, 1.54) is 0 Å². The molecule has 1 aromatic rings. The van der Waals surface area contributed by atoms with Crippen LogP contribution in [0.2, 0.25) is 0 Å². The first kappa shape index (κ1) is 10.2. The summed E-state index contributed by atoms with van der Waals surface area (Å²) in [6.45, 7) is 0. The third-order valence-electron chi connectivity index (χ3n) is 2.69. The molecule has 0 aromatic heterocycles. The minimum atomic E-state index is -0.488. The van der Waals surface area contributed by atoms with Gasteiger partial charge in [0.1, 0.15) is 6.10 Å². The molecule has 0 unspecified atom stereocenters. The molecule has 0 radical (unpaired) electrons. The highest BCUT2D eigenvalue weighted by atomic mass is 16.6. The number of ether oxygens (including phenoxy) is 1. The molecule has 0 aliphatic heterocycles. The number of hydrogen-bond acceptors (Lipinski definition) is 3. The van der Waals surface area contributed by atoms with Crippen LogP contribution in [-0.2, 0) is 4.74 Å². The van der Waals surface area contributed by atoms with E-state index in [0.29, 0.717) is 5.56 Å². The molecule has 0 heterocycles. The molecule has 1 aliphatic rings. The van der Waals surface area contributed by atoms with E-state index in [-0.39, 0.29) is 12.1 Å². The monoisotopic (exact) mass is 206 g/mol. The maximum atomic E-state index is 11.6. The Morgan fingerprint density at radius 1 is 1.27 bits per heavy atom. The molecule has 0 spiro atoms. The van der Waals surface area contributed by atoms with Crippen molar-refractivity contribution in [1.82, 2.24) is 0 Å². The second-order valence-electron chi connectivity index (χ2n) is 3.81. The lowest BCUT2D eigenvalue weighted by Gasteiger charge is -2.15. The van der Waals surface area contributed by atoms with E-state index >= 15 is 0 Å². The molecule has 1 fully saturated rings. The largest absolute Gasteiger partial charge is 0.456 e. The Morgan fingerprint density at radius 2 is 2.00 bits per heavy atom. The molecule has 1 N–H and O–H groups in total. The van der Waals surface area contributed by atoms with Crippen LogP contribution < -0.4 is 0 Å². The van der Waals surface area contributed by atoms with E-state index < -0.39 is 6.10 Å². The van der Waals surface area contributed by atoms with Gasteiger partial charge in [-0.05, 0) is 31.4 Å². The van der Waals surface area contributed by atoms with Gasteiger partial charge in [-0.2, -0.15) is 0 Å². The van der Waals surface area contributed by atoms with Gasteiger partial charge in [-0.1, -0.05) is 18.2 Å². The minimum absolute atomic E-state index is 0.322. The molecule has 15 heavy (non-hydrogen) atoms. The predicted octanol–water partition coefficient (Wildman–Crippen LogP) is 1.76. The Bertz CT molecular complexity index is 334. The van der Waals surface area contributed by atoms with E-state index in [0.717, 1.165) is 19.3 Å². The molecular formula is C12H14O3. The maximum absolute atomic E-state index is 11.6. The second-order valence-corrected chi connectivity index (χ2v) is 3.81. The molecule has 3 nitrogen and oxygen atoms in total. The van der Waals surface area contributed by atoms with Crippen molar-refractivity contribution in [1.29, 1.82) is 0 Å². The summed E-state index contributed by atoms with van der Waals surface area (Å²) in [6.07, 6.45) is 1.61. The van der Waals surface area contributed by atoms with Crippen LogP contribution in [0.4, 0.5) is 0 Å². The molecular weight excluding hydrogens is 192 g/mol. The maximum Gasteiger partial charge on any atom is 0.338 e. The summed E-state index contributed by atoms with van der Waals surface area (Å²) in [5.41, 5.74) is 0.539. The Labute approximate surface area is 88.7 Å². The first-order valence-electron chi connectivity index (χ1n) is 5.21. The molecule has 0 amide bonds. The van der Waals surface area contributed by atoms with Gasteiger partial charge >= 0.3 is 5.97 Å². The van der Waals surface area contributed by atoms with Crippen LogP contribution >= 0.6 is 0 Å². The normalized spacial score (nSPS) is 25.1. The van der Waals surface area contributed by atoms with Gasteiger partial charge < -0.3 is 9.84 Å². The molecule has 2 rings (SSSR count). The number of esters is 1. The number of carbonyl (C=O) groups excluding carboxylic acids is 1. The molecule has 1 saturated carbocycles. The summed E-state index contributed by atoms with van der Waals surface area (Å²) < 4.78 is 5.22. The average Bonchev–Trinajstić information content (AvgIpc) is 2.66. The van der Waals surface area contributed by atoms with Gasteiger partial charge in [-0.3, -0.25) is 0 Å². The summed E-state index contributed by atoms with van der Waals surface area (Å²) in [5.74, 6) is -0.346. The fraction of sp³-hybridized carbons (Fsp3) is 0.417. The highest BCUT2D eigenvalue weighted by Crippen LogP contribution is 2.22. The van der Waals surface area contributed by atoms with Crippen LogP contribution in [0.15, 0.2) is 30.3 Å². The third-order valence-corrected chi connectivity index (χ3v) is 2.69. The molecule has 0 saturated heterocycles. The molecule has 3 heteroatoms. The zero-order valence-electron chi connectivity index (χ0n) is 8.43. The molecule has 80 valence electrons. The lowest BCUT2D eigenvalue weighted by atomic mass is 10.2. The topological polar surface area (TPSA) is 46.5 Å². The van der Waals surface area contributed by atoms with Gasteiger partial charge in [0.05, 0.1) is 11.7 Å². The minimum Gasteiger partial charge on any atom is -0.456 e. The quantitative estimate of drug-likeness (QED) is 0.750. The van der Waals surface area contributed by atoms with Crippen molar-refractivity contribution in [2.75, 3.05) is 0 Å². The fourth-order valence-corrected chi connectivity index (χ4v) is 1.82. The number of carbonyl (C=O) groups is 1. The summed E-state index contributed by atoms with van der Waals surface area (Å²) in [6, 6.07) is 8.86. The summed E-state index contributed by atoms with van der Waals surface area (Å²) in [7, 11) is 0. The van der Waals surface area contributed by atoms with Crippen LogP contribution in [0.5, 0.6) is 0 Å². The highest BCUT2D eigenvalue weighted by Gasteiger charge is 2.28. The van der Waals surface area contributed by atoms with E-state index in [9.17, 15) is 9.90 Å². The zero-order chi connectivity index (χ0) is 10.7. The van der Waals surface area contributed by atoms with Crippen LogP contribution in [0.3, 0.4) is 0 Å². The van der Waals surface area contributed by atoms with Crippen molar-refractivity contribution in [3.63, 3.8) is 0 Å². The van der Waals surface area contributed by atoms with Crippen LogP contribution in [0.25, 0.3) is 0 Å². The number of hydrogen-bond donors (Lipinski definition) is 1. The zero-order valence-corrected chi connectivity index (χ0v) is 8.43. The van der Waals surface area contributed by atoms with Crippen molar-refractivity contribution < 1.29 is 14.6 Å². The van der Waals surface area contributed by atoms with Gasteiger partial charge in [-0.15, -0.1) is 0 Å². The van der Waals surface area contributed by atoms with Crippen molar-refractivity contribution in [3.8, 4) is 0 Å². The number of aliphatic hydroxyl groups is 1. The van der Waals surface area contributed by atoms with Gasteiger partial charge in [0.15, 0.2) is 0 Å². The fourth-order valence-electron chi connectivity index (χ4n) is 1.82. The summed E-state index contributed by atoms with van der Waals surface area (Å²) in [5, 5.41) is 9.51. The van der Waals surface area contributed by atoms with Crippen molar-refractivity contribution in [2.45, 2.75) is 31.5 Å². The van der Waals surface area contributed by atoms with Crippen molar-refractivity contribution in [2.24, 2.45) is 0 Å². The Hall–Kier alpha value is -1.35. The molecule has 2 atom stereocenters. The lowest BCUT2D eigenvalue weighted by Crippen LogP contribution is -2.25. The number of aliphatic hydroxyl groups excluding tert-OH is 1. The van der Waals surface area contributed by atoms with Gasteiger partial charge in [0.25, 0.3) is 0 Å². The van der Waals surface area contributed by atoms with E-state index in [1.54, 1.807) is 24.3 Å². The SMILES string of the molecule is O=C(O[C@@H]1CCC[C@@H]1O)c1ccccc1. The van der Waals surface area contributed by atoms with E-state index in [4.69, 9.17) is 4.74 Å². The standard InChI is InChI=1S/C12H14O3/c13-10-7-4-8-11(10)15-12(14)9-5-2-1-3-6-9/h1-3,5-6,10-11,13H,4,7-8H2/t10-,11+/m0/s1. The van der Waals surface area contributed by atoms with Gasteiger partial charge in [0.2, 0.25) is 0 Å². The first-order chi connectivity index (χ1) is 7.27. The van der Waals surface area contributed by atoms with E-state index in [2.05, 4.69) is 0 Å². The van der Waals surface area contributed by atoms with Gasteiger partial charge in [0, 0.05) is 0 Å². The third kappa shape index (κ3) is 2.36. The number of benzene rings is 1. The summed E-state index contributed by atoms with van der Waals surface area (Å²) >= 11 is 0. The molecule has 1 aliphatic carbocycles. The van der Waals surface area contributed by atoms with Crippen LogP contribution in [0.1, 0.15) is 29.6 Å². The van der Waals surface area contributed by atoms with Crippen molar-refractivity contribution >= 4 is 5.97 Å². The average molecular weight is 206 g/mol. The Balaban J connectivity index is 1.98. The second kappa shape index (κ2) is 4.45. The van der Waals surface area contributed by atoms with E-state index in [1.807, 2.05) is 6.07 Å². The van der Waals surface area contributed by atoms with Crippen LogP contribution in [-0.4, -0.2) is 23.3 Å². The lowest BCUT2D eigenvalue weighted by molar-refractivity contribution is -0.00484. The number of rotatable bonds is 2. The highest BCUT2D eigenvalue weighted by molar-refractivity contribution is 5.89. The predicted molar refractivity (Wildman–Crippen MR) is 55.5 cm³/mol.